The molecule has 0 fully saturated rings. The van der Waals surface area contributed by atoms with Crippen molar-refractivity contribution in [3.63, 3.8) is 0 Å². The highest BCUT2D eigenvalue weighted by Crippen LogP contribution is 2.31. The van der Waals surface area contributed by atoms with E-state index >= 15 is 0 Å². The van der Waals surface area contributed by atoms with Gasteiger partial charge in [-0.2, -0.15) is 4.98 Å². The van der Waals surface area contributed by atoms with Gasteiger partial charge in [0.2, 0.25) is 0 Å². The van der Waals surface area contributed by atoms with Gasteiger partial charge in [-0.25, -0.2) is 0 Å². The Morgan fingerprint density at radius 3 is 2.76 bits per heavy atom. The molecule has 1 N–H and O–H groups in total. The van der Waals surface area contributed by atoms with Crippen LogP contribution in [-0.4, -0.2) is 22.9 Å². The molecule has 5 nitrogen and oxygen atoms in total. The standard InChI is InChI=1S/C20H20N4O/c1-25-20-23-17-9-5-6-10-18(17)24(20)19-13-16(11-12-21-19)22-14-15-7-3-2-4-8-15/h2-12,19,22H,13-14H2,1H3. The van der Waals surface area contributed by atoms with Crippen LogP contribution in [0, 0.1) is 0 Å². The summed E-state index contributed by atoms with van der Waals surface area (Å²) in [5.74, 6) is 0. The number of aliphatic imine (C=N–C) groups is 1. The Morgan fingerprint density at radius 1 is 1.12 bits per heavy atom. The van der Waals surface area contributed by atoms with Crippen molar-refractivity contribution in [3.05, 3.63) is 71.9 Å². The van der Waals surface area contributed by atoms with Crippen molar-refractivity contribution in [1.82, 2.24) is 14.9 Å². The van der Waals surface area contributed by atoms with Gasteiger partial charge in [0.15, 0.2) is 0 Å². The first kappa shape index (κ1) is 15.4. The molecule has 1 atom stereocenters. The van der Waals surface area contributed by atoms with E-state index in [-0.39, 0.29) is 6.17 Å². The second-order valence-corrected chi connectivity index (χ2v) is 5.97. The van der Waals surface area contributed by atoms with E-state index in [0.717, 1.165) is 29.7 Å². The number of para-hydroxylation sites is 2. The van der Waals surface area contributed by atoms with Gasteiger partial charge in [0.05, 0.1) is 18.1 Å². The minimum atomic E-state index is -0.0642. The zero-order chi connectivity index (χ0) is 17.1. The highest BCUT2D eigenvalue weighted by atomic mass is 16.5. The number of aromatic nitrogens is 2. The number of hydrogen-bond acceptors (Lipinski definition) is 4. The molecular formula is C20H20N4O. The van der Waals surface area contributed by atoms with Gasteiger partial charge in [-0.15, -0.1) is 0 Å². The maximum absolute atomic E-state index is 5.49. The lowest BCUT2D eigenvalue weighted by atomic mass is 10.1. The topological polar surface area (TPSA) is 51.4 Å². The van der Waals surface area contributed by atoms with Gasteiger partial charge < -0.3 is 10.1 Å². The quantitative estimate of drug-likeness (QED) is 0.775. The molecule has 1 aliphatic rings. The second kappa shape index (κ2) is 6.81. The molecule has 1 aliphatic heterocycles. The summed E-state index contributed by atoms with van der Waals surface area (Å²) in [7, 11) is 1.65. The van der Waals surface area contributed by atoms with E-state index in [2.05, 4.69) is 50.2 Å². The SMILES string of the molecule is COc1nc2ccccc2n1C1CC(NCc2ccccc2)=CC=N1. The lowest BCUT2D eigenvalue weighted by molar-refractivity contribution is 0.339. The van der Waals surface area contributed by atoms with Crippen LogP contribution in [0.15, 0.2) is 71.4 Å². The summed E-state index contributed by atoms with van der Waals surface area (Å²) in [6, 6.07) is 19.0. The number of allylic oxidation sites excluding steroid dienone is 1. The first-order valence-electron chi connectivity index (χ1n) is 8.36. The highest BCUT2D eigenvalue weighted by Gasteiger charge is 2.21. The molecule has 1 aromatic heterocycles. The lowest BCUT2D eigenvalue weighted by Gasteiger charge is -2.22. The van der Waals surface area contributed by atoms with E-state index in [1.807, 2.05) is 36.6 Å². The van der Waals surface area contributed by atoms with Crippen LogP contribution in [0.4, 0.5) is 0 Å². The third-order valence-corrected chi connectivity index (χ3v) is 4.34. The molecule has 4 rings (SSSR count). The maximum Gasteiger partial charge on any atom is 0.298 e. The van der Waals surface area contributed by atoms with E-state index in [1.165, 1.54) is 5.56 Å². The van der Waals surface area contributed by atoms with Crippen molar-refractivity contribution < 1.29 is 4.74 Å². The average molecular weight is 332 g/mol. The van der Waals surface area contributed by atoms with Crippen molar-refractivity contribution in [1.29, 1.82) is 0 Å². The fourth-order valence-electron chi connectivity index (χ4n) is 3.10. The van der Waals surface area contributed by atoms with Crippen LogP contribution >= 0.6 is 0 Å². The summed E-state index contributed by atoms with van der Waals surface area (Å²) in [6.45, 7) is 0.801. The molecule has 0 aliphatic carbocycles. The Balaban J connectivity index is 1.55. The molecule has 25 heavy (non-hydrogen) atoms. The van der Waals surface area contributed by atoms with Crippen molar-refractivity contribution in [3.8, 4) is 6.01 Å². The second-order valence-electron chi connectivity index (χ2n) is 5.97. The first-order chi connectivity index (χ1) is 12.3. The van der Waals surface area contributed by atoms with E-state index in [9.17, 15) is 0 Å². The van der Waals surface area contributed by atoms with E-state index in [0.29, 0.717) is 6.01 Å². The van der Waals surface area contributed by atoms with Gasteiger partial charge in [0.1, 0.15) is 6.17 Å². The molecule has 0 spiro atoms. The molecule has 5 heteroatoms. The Bertz CT molecular complexity index is 927. The lowest BCUT2D eigenvalue weighted by Crippen LogP contribution is -2.20. The predicted molar refractivity (Wildman–Crippen MR) is 99.8 cm³/mol. The van der Waals surface area contributed by atoms with Crippen molar-refractivity contribution >= 4 is 17.2 Å². The molecule has 0 saturated heterocycles. The number of nitrogens with one attached hydrogen (secondary N) is 1. The molecule has 126 valence electrons. The monoisotopic (exact) mass is 332 g/mol. The van der Waals surface area contributed by atoms with Gasteiger partial charge in [-0.3, -0.25) is 9.56 Å². The van der Waals surface area contributed by atoms with Crippen LogP contribution in [0.25, 0.3) is 11.0 Å². The van der Waals surface area contributed by atoms with E-state index in [4.69, 9.17) is 4.74 Å². The maximum atomic E-state index is 5.49. The number of fused-ring (bicyclic) bond motifs is 1. The smallest absolute Gasteiger partial charge is 0.298 e. The average Bonchev–Trinajstić information content (AvgIpc) is 3.06. The predicted octanol–water partition coefficient (Wildman–Crippen LogP) is 3.69. The number of dihydropyridines is 1. The number of ether oxygens (including phenoxy) is 1. The third kappa shape index (κ3) is 3.13. The number of imidazole rings is 1. The van der Waals surface area contributed by atoms with E-state index in [1.54, 1.807) is 7.11 Å². The summed E-state index contributed by atoms with van der Waals surface area (Å²) >= 11 is 0. The van der Waals surface area contributed by atoms with Crippen LogP contribution in [0.1, 0.15) is 18.2 Å². The summed E-state index contributed by atoms with van der Waals surface area (Å²) in [5.41, 5.74) is 4.37. The Labute approximate surface area is 146 Å². The number of methoxy groups -OCH3 is 1. The van der Waals surface area contributed by atoms with Gasteiger partial charge in [0.25, 0.3) is 6.01 Å². The summed E-state index contributed by atoms with van der Waals surface area (Å²) in [4.78, 5) is 9.19. The molecule has 2 heterocycles. The summed E-state index contributed by atoms with van der Waals surface area (Å²) < 4.78 is 7.54. The fraction of sp³-hybridized carbons (Fsp3) is 0.200. The fourth-order valence-corrected chi connectivity index (χ4v) is 3.10. The summed E-state index contributed by atoms with van der Waals surface area (Å²) in [6.07, 6.45) is 4.60. The van der Waals surface area contributed by atoms with Crippen molar-refractivity contribution in [2.24, 2.45) is 4.99 Å². The normalized spacial score (nSPS) is 16.7. The minimum absolute atomic E-state index is 0.0642. The molecule has 1 unspecified atom stereocenters. The molecule has 0 saturated carbocycles. The van der Waals surface area contributed by atoms with Crippen LogP contribution in [-0.2, 0) is 6.54 Å². The van der Waals surface area contributed by atoms with Crippen molar-refractivity contribution in [2.75, 3.05) is 7.11 Å². The Hall–Kier alpha value is -3.08. The zero-order valence-electron chi connectivity index (χ0n) is 14.1. The van der Waals surface area contributed by atoms with Gasteiger partial charge >= 0.3 is 0 Å². The van der Waals surface area contributed by atoms with Crippen LogP contribution < -0.4 is 10.1 Å². The zero-order valence-corrected chi connectivity index (χ0v) is 14.1. The minimum Gasteiger partial charge on any atom is -0.468 e. The number of hydrogen-bond donors (Lipinski definition) is 1. The molecule has 2 aromatic carbocycles. The third-order valence-electron chi connectivity index (χ3n) is 4.34. The molecular weight excluding hydrogens is 312 g/mol. The highest BCUT2D eigenvalue weighted by molar-refractivity contribution is 5.78. The van der Waals surface area contributed by atoms with Gasteiger partial charge in [-0.1, -0.05) is 42.5 Å². The number of nitrogens with zero attached hydrogens (tertiary/aromatic N) is 3. The van der Waals surface area contributed by atoms with Gasteiger partial charge in [-0.05, 0) is 23.8 Å². The number of rotatable bonds is 5. The van der Waals surface area contributed by atoms with Crippen molar-refractivity contribution in [2.45, 2.75) is 19.1 Å². The van der Waals surface area contributed by atoms with Crippen LogP contribution in [0.3, 0.4) is 0 Å². The number of benzene rings is 2. The first-order valence-corrected chi connectivity index (χ1v) is 8.36. The molecule has 0 amide bonds. The Morgan fingerprint density at radius 2 is 1.92 bits per heavy atom. The summed E-state index contributed by atoms with van der Waals surface area (Å²) in [5, 5.41) is 3.51. The molecule has 3 aromatic rings. The largest absolute Gasteiger partial charge is 0.468 e. The van der Waals surface area contributed by atoms with E-state index < -0.39 is 0 Å². The van der Waals surface area contributed by atoms with Crippen LogP contribution in [0.5, 0.6) is 6.01 Å². The Kier molecular flexibility index (Phi) is 4.21. The molecule has 0 radical (unpaired) electrons. The molecule has 0 bridgehead atoms. The van der Waals surface area contributed by atoms with Crippen LogP contribution in [0.2, 0.25) is 0 Å². The van der Waals surface area contributed by atoms with Gasteiger partial charge in [0, 0.05) is 24.9 Å².